The van der Waals surface area contributed by atoms with Crippen LogP contribution in [0.25, 0.3) is 0 Å². The molecule has 0 rings (SSSR count). The molecule has 0 aromatic heterocycles. The van der Waals surface area contributed by atoms with E-state index in [4.69, 9.17) is 5.11 Å². The van der Waals surface area contributed by atoms with Gasteiger partial charge in [-0.1, -0.05) is 0 Å². The molecule has 0 saturated carbocycles. The van der Waals surface area contributed by atoms with Gasteiger partial charge < -0.3 is 10.4 Å². The van der Waals surface area contributed by atoms with Gasteiger partial charge in [-0.15, -0.1) is 0 Å². The Morgan fingerprint density at radius 2 is 2.40 bits per heavy atom. The van der Waals surface area contributed by atoms with Gasteiger partial charge in [0.25, 0.3) is 0 Å². The molecule has 0 aromatic rings. The van der Waals surface area contributed by atoms with E-state index in [9.17, 15) is 4.79 Å². The van der Waals surface area contributed by atoms with Crippen LogP contribution < -0.4 is 5.32 Å². The van der Waals surface area contributed by atoms with Crippen molar-refractivity contribution >= 4 is 17.7 Å². The summed E-state index contributed by atoms with van der Waals surface area (Å²) >= 11 is 1.48. The van der Waals surface area contributed by atoms with Crippen LogP contribution in [0.3, 0.4) is 0 Å². The van der Waals surface area contributed by atoms with Gasteiger partial charge in [-0.25, -0.2) is 0 Å². The normalized spacial score (nSPS) is 11.8. The maximum atomic E-state index is 10.2. The number of carboxylic acid groups (broad SMARTS) is 1. The van der Waals surface area contributed by atoms with Crippen LogP contribution >= 0.6 is 11.8 Å². The van der Waals surface area contributed by atoms with Crippen molar-refractivity contribution in [1.29, 1.82) is 0 Å². The van der Waals surface area contributed by atoms with Crippen molar-refractivity contribution in [1.82, 2.24) is 5.32 Å². The van der Waals surface area contributed by atoms with Crippen LogP contribution in [0.1, 0.15) is 0 Å². The summed E-state index contributed by atoms with van der Waals surface area (Å²) in [6.45, 7) is 0. The van der Waals surface area contributed by atoms with Crippen molar-refractivity contribution in [3.8, 4) is 0 Å². The van der Waals surface area contributed by atoms with Gasteiger partial charge >= 0.3 is 24.5 Å². The van der Waals surface area contributed by atoms with Crippen molar-refractivity contribution < 1.29 is 28.5 Å². The number of carbonyl (C=O) groups is 1. The summed E-state index contributed by atoms with van der Waals surface area (Å²) in [7, 11) is 3.28. The van der Waals surface area contributed by atoms with E-state index in [-0.39, 0.29) is 18.6 Å². The van der Waals surface area contributed by atoms with E-state index in [0.29, 0.717) is 5.75 Å². The Kier molecular flexibility index (Phi) is 9.71. The maximum Gasteiger partial charge on any atom is 2.00 e. The molecule has 0 aromatic carbocycles. The molecule has 0 aliphatic carbocycles. The van der Waals surface area contributed by atoms with Crippen LogP contribution in [0.5, 0.6) is 0 Å². The van der Waals surface area contributed by atoms with Gasteiger partial charge in [0, 0.05) is 5.75 Å². The number of aliphatic carboxylic acids is 1. The summed E-state index contributed by atoms with van der Waals surface area (Å²) < 4.78 is 0. The molecule has 0 saturated heterocycles. The monoisotopic (exact) mass is 199 g/mol. The largest absolute Gasteiger partial charge is 2.00 e. The van der Waals surface area contributed by atoms with Gasteiger partial charge in [-0.3, -0.25) is 11.8 Å². The Bertz CT molecular complexity index is 102. The first-order valence-electron chi connectivity index (χ1n) is 2.46. The Balaban J connectivity index is 0. The van der Waals surface area contributed by atoms with Crippen molar-refractivity contribution in [3.63, 3.8) is 0 Å². The first-order valence-corrected chi connectivity index (χ1v) is 3.86. The van der Waals surface area contributed by atoms with Gasteiger partial charge in [0.1, 0.15) is 0 Å². The summed E-state index contributed by atoms with van der Waals surface area (Å²) in [6.07, 6.45) is 1.85. The molecular formula is C5H10NO2SV+. The fraction of sp³-hybridized carbons (Fsp3) is 0.600. The van der Waals surface area contributed by atoms with Crippen molar-refractivity contribution in [3.05, 3.63) is 7.05 Å². The van der Waals surface area contributed by atoms with E-state index in [2.05, 4.69) is 12.4 Å². The molecule has 3 nitrogen and oxygen atoms in total. The molecule has 0 heterocycles. The predicted octanol–water partition coefficient (Wildman–Crippen LogP) is 0.181. The number of carboxylic acids is 1. The number of thioether (sulfide) groups is 1. The molecule has 0 amide bonds. The summed E-state index contributed by atoms with van der Waals surface area (Å²) in [5, 5.41) is 10.8. The number of nitrogens with one attached hydrogen (secondary N) is 1. The van der Waals surface area contributed by atoms with Crippen molar-refractivity contribution in [2.45, 2.75) is 6.04 Å². The molecule has 0 aliphatic heterocycles. The average molecular weight is 199 g/mol. The Morgan fingerprint density at radius 1 is 1.90 bits per heavy atom. The summed E-state index contributed by atoms with van der Waals surface area (Å²) in [5.41, 5.74) is 0. The van der Waals surface area contributed by atoms with Crippen LogP contribution in [-0.4, -0.2) is 29.1 Å². The van der Waals surface area contributed by atoms with Gasteiger partial charge in [-0.2, -0.15) is 11.8 Å². The standard InChI is InChI=1S/C5H10NO2S.V/c1-6-4(3-9-2)5(7)8;/h4,6H,1,3H2,2H3,(H,7,8);/q-1;+2. The average Bonchev–Trinajstić information content (AvgIpc) is 1.82. The van der Waals surface area contributed by atoms with Gasteiger partial charge in [0.15, 0.2) is 0 Å². The van der Waals surface area contributed by atoms with Gasteiger partial charge in [0.05, 0.1) is 6.04 Å². The molecule has 2 N–H and O–H groups in total. The molecule has 5 heteroatoms. The minimum atomic E-state index is -0.848. The molecule has 1 radical (unpaired) electrons. The molecular weight excluding hydrogens is 189 g/mol. The van der Waals surface area contributed by atoms with Gasteiger partial charge in [0.2, 0.25) is 0 Å². The third-order valence-electron chi connectivity index (χ3n) is 0.878. The molecule has 10 heavy (non-hydrogen) atoms. The zero-order valence-electron chi connectivity index (χ0n) is 5.70. The molecule has 0 bridgehead atoms. The summed E-state index contributed by atoms with van der Waals surface area (Å²) in [5.74, 6) is -0.293. The van der Waals surface area contributed by atoms with E-state index < -0.39 is 12.0 Å². The second-order valence-electron chi connectivity index (χ2n) is 1.55. The first kappa shape index (κ1) is 13.0. The molecule has 0 spiro atoms. The van der Waals surface area contributed by atoms with Crippen LogP contribution in [0.15, 0.2) is 0 Å². The van der Waals surface area contributed by atoms with E-state index in [0.717, 1.165) is 0 Å². The SMILES string of the molecule is [CH2-]NC(CSC)C(=O)O.[V+2]. The summed E-state index contributed by atoms with van der Waals surface area (Å²) in [4.78, 5) is 10.2. The Hall–Kier alpha value is 0.364. The predicted molar refractivity (Wildman–Crippen MR) is 38.3 cm³/mol. The van der Waals surface area contributed by atoms with E-state index in [1.807, 2.05) is 6.26 Å². The fourth-order valence-corrected chi connectivity index (χ4v) is 0.978. The smallest absolute Gasteiger partial charge is 0.480 e. The molecule has 0 fully saturated rings. The van der Waals surface area contributed by atoms with E-state index in [1.54, 1.807) is 0 Å². The first-order chi connectivity index (χ1) is 4.22. The van der Waals surface area contributed by atoms with Gasteiger partial charge in [-0.05, 0) is 6.26 Å². The van der Waals surface area contributed by atoms with Crippen LogP contribution in [-0.2, 0) is 23.4 Å². The van der Waals surface area contributed by atoms with Crippen molar-refractivity contribution in [2.24, 2.45) is 0 Å². The topological polar surface area (TPSA) is 49.3 Å². The van der Waals surface area contributed by atoms with Crippen LogP contribution in [0, 0.1) is 7.05 Å². The third-order valence-corrected chi connectivity index (χ3v) is 1.54. The minimum Gasteiger partial charge on any atom is -0.480 e. The molecule has 57 valence electrons. The van der Waals surface area contributed by atoms with Crippen LogP contribution in [0.2, 0.25) is 0 Å². The zero-order chi connectivity index (χ0) is 7.28. The molecule has 1 atom stereocenters. The van der Waals surface area contributed by atoms with Crippen LogP contribution in [0.4, 0.5) is 0 Å². The minimum absolute atomic E-state index is 0. The second kappa shape index (κ2) is 7.47. The van der Waals surface area contributed by atoms with Crippen molar-refractivity contribution in [2.75, 3.05) is 12.0 Å². The zero-order valence-corrected chi connectivity index (χ0v) is 7.92. The summed E-state index contributed by atoms with van der Waals surface area (Å²) in [6, 6.07) is -0.514. The second-order valence-corrected chi connectivity index (χ2v) is 2.46. The third kappa shape index (κ3) is 5.17. The number of rotatable bonds is 4. The fourth-order valence-electron chi connectivity index (χ4n) is 0.384. The molecule has 1 unspecified atom stereocenters. The Labute approximate surface area is 76.8 Å². The molecule has 0 aliphatic rings. The maximum absolute atomic E-state index is 10.2. The van der Waals surface area contributed by atoms with E-state index >= 15 is 0 Å². The number of hydrogen-bond acceptors (Lipinski definition) is 3. The number of hydrogen-bond donors (Lipinski definition) is 2. The quantitative estimate of drug-likeness (QED) is 0.634. The van der Waals surface area contributed by atoms with E-state index in [1.165, 1.54) is 11.8 Å². The Morgan fingerprint density at radius 3 is 2.50 bits per heavy atom.